The van der Waals surface area contributed by atoms with Crippen LogP contribution in [0.2, 0.25) is 0 Å². The van der Waals surface area contributed by atoms with Crippen LogP contribution in [0.4, 0.5) is 5.69 Å². The lowest BCUT2D eigenvalue weighted by Crippen LogP contribution is -2.67. The standard InChI is InChI=1S/C22H24N2O2/c1-16-8-10-18(11-9-16)23-19(25)21(2)14-15-24(21)20(26)22(12-13-22)17-6-4-3-5-7-17/h3-11H,12-15H2,1-2H3,(H,23,25). The third-order valence-electron chi connectivity index (χ3n) is 5.95. The van der Waals surface area contributed by atoms with Crippen LogP contribution in [-0.2, 0) is 15.0 Å². The lowest BCUT2D eigenvalue weighted by molar-refractivity contribution is -0.156. The van der Waals surface area contributed by atoms with Crippen LogP contribution in [0.5, 0.6) is 0 Å². The number of hydrogen-bond acceptors (Lipinski definition) is 2. The summed E-state index contributed by atoms with van der Waals surface area (Å²) in [5.74, 6) is -0.0127. The molecule has 134 valence electrons. The minimum atomic E-state index is -0.771. The summed E-state index contributed by atoms with van der Waals surface area (Å²) >= 11 is 0. The number of likely N-dealkylation sites (tertiary alicyclic amines) is 1. The Kier molecular flexibility index (Phi) is 3.87. The maximum atomic E-state index is 13.3. The summed E-state index contributed by atoms with van der Waals surface area (Å²) < 4.78 is 0. The fourth-order valence-electron chi connectivity index (χ4n) is 3.79. The van der Waals surface area contributed by atoms with Crippen molar-refractivity contribution in [3.63, 3.8) is 0 Å². The molecule has 4 heteroatoms. The first-order valence-electron chi connectivity index (χ1n) is 9.21. The van der Waals surface area contributed by atoms with E-state index in [0.29, 0.717) is 13.0 Å². The van der Waals surface area contributed by atoms with E-state index >= 15 is 0 Å². The topological polar surface area (TPSA) is 49.4 Å². The lowest BCUT2D eigenvalue weighted by Gasteiger charge is -2.50. The first-order valence-corrected chi connectivity index (χ1v) is 9.21. The summed E-state index contributed by atoms with van der Waals surface area (Å²) in [4.78, 5) is 27.9. The molecule has 2 aliphatic rings. The maximum absolute atomic E-state index is 13.3. The molecule has 1 aliphatic heterocycles. The van der Waals surface area contributed by atoms with Gasteiger partial charge in [0, 0.05) is 12.2 Å². The molecule has 0 spiro atoms. The highest BCUT2D eigenvalue weighted by Gasteiger charge is 2.59. The summed E-state index contributed by atoms with van der Waals surface area (Å²) in [5, 5.41) is 2.98. The van der Waals surface area contributed by atoms with Crippen molar-refractivity contribution in [3.8, 4) is 0 Å². The molecule has 2 aromatic rings. The van der Waals surface area contributed by atoms with Gasteiger partial charge < -0.3 is 10.2 Å². The van der Waals surface area contributed by atoms with E-state index in [0.717, 1.165) is 29.7 Å². The van der Waals surface area contributed by atoms with E-state index in [9.17, 15) is 9.59 Å². The summed E-state index contributed by atoms with van der Waals surface area (Å²) in [5.41, 5.74) is 1.79. The van der Waals surface area contributed by atoms with Crippen molar-refractivity contribution >= 4 is 17.5 Å². The van der Waals surface area contributed by atoms with Gasteiger partial charge in [-0.3, -0.25) is 9.59 Å². The van der Waals surface area contributed by atoms with Gasteiger partial charge in [-0.25, -0.2) is 0 Å². The van der Waals surface area contributed by atoms with Gasteiger partial charge in [0.05, 0.1) is 5.41 Å². The molecule has 0 bridgehead atoms. The Bertz CT molecular complexity index is 840. The number of nitrogens with one attached hydrogen (secondary N) is 1. The molecule has 1 saturated carbocycles. The van der Waals surface area contributed by atoms with E-state index in [1.54, 1.807) is 4.90 Å². The summed E-state index contributed by atoms with van der Waals surface area (Å²) in [7, 11) is 0. The van der Waals surface area contributed by atoms with Crippen LogP contribution in [-0.4, -0.2) is 28.8 Å². The molecule has 4 rings (SSSR count). The summed E-state index contributed by atoms with van der Waals surface area (Å²) in [6.07, 6.45) is 2.42. The smallest absolute Gasteiger partial charge is 0.250 e. The molecule has 1 heterocycles. The zero-order valence-corrected chi connectivity index (χ0v) is 15.3. The second-order valence-electron chi connectivity index (χ2n) is 7.75. The van der Waals surface area contributed by atoms with Gasteiger partial charge in [0.1, 0.15) is 5.54 Å². The monoisotopic (exact) mass is 348 g/mol. The number of hydrogen-bond donors (Lipinski definition) is 1. The predicted octanol–water partition coefficient (Wildman–Crippen LogP) is 3.66. The van der Waals surface area contributed by atoms with Crippen molar-refractivity contribution in [2.45, 2.75) is 44.1 Å². The molecular formula is C22H24N2O2. The average molecular weight is 348 g/mol. The van der Waals surface area contributed by atoms with Crippen LogP contribution in [0, 0.1) is 6.92 Å². The number of anilines is 1. The Balaban J connectivity index is 1.52. The fourth-order valence-corrected chi connectivity index (χ4v) is 3.79. The Hall–Kier alpha value is -2.62. The lowest BCUT2D eigenvalue weighted by atomic mass is 9.82. The molecule has 26 heavy (non-hydrogen) atoms. The Labute approximate surface area is 154 Å². The van der Waals surface area contributed by atoms with Crippen molar-refractivity contribution in [1.29, 1.82) is 0 Å². The van der Waals surface area contributed by atoms with Crippen LogP contribution >= 0.6 is 0 Å². The number of carbonyl (C=O) groups is 2. The molecule has 1 N–H and O–H groups in total. The van der Waals surface area contributed by atoms with Gasteiger partial charge in [-0.05, 0) is 50.8 Å². The van der Waals surface area contributed by atoms with Gasteiger partial charge in [0.15, 0.2) is 0 Å². The number of rotatable bonds is 4. The van der Waals surface area contributed by atoms with Crippen LogP contribution in [0.3, 0.4) is 0 Å². The minimum Gasteiger partial charge on any atom is -0.327 e. The van der Waals surface area contributed by atoms with Crippen LogP contribution < -0.4 is 5.32 Å². The zero-order valence-electron chi connectivity index (χ0n) is 15.3. The van der Waals surface area contributed by atoms with E-state index in [-0.39, 0.29) is 11.8 Å². The Morgan fingerprint density at radius 3 is 2.15 bits per heavy atom. The van der Waals surface area contributed by atoms with Crippen LogP contribution in [0.1, 0.15) is 37.3 Å². The molecule has 1 atom stereocenters. The van der Waals surface area contributed by atoms with Crippen molar-refractivity contribution in [2.24, 2.45) is 0 Å². The van der Waals surface area contributed by atoms with Crippen molar-refractivity contribution in [3.05, 3.63) is 65.7 Å². The highest BCUT2D eigenvalue weighted by Crippen LogP contribution is 2.51. The summed E-state index contributed by atoms with van der Waals surface area (Å²) in [6, 6.07) is 17.7. The largest absolute Gasteiger partial charge is 0.327 e. The molecule has 1 saturated heterocycles. The minimum absolute atomic E-state index is 0.0940. The Morgan fingerprint density at radius 2 is 1.62 bits per heavy atom. The van der Waals surface area contributed by atoms with Gasteiger partial charge in [-0.1, -0.05) is 48.0 Å². The number of carbonyl (C=O) groups excluding carboxylic acids is 2. The van der Waals surface area contributed by atoms with Gasteiger partial charge in [0.2, 0.25) is 11.8 Å². The molecule has 2 fully saturated rings. The quantitative estimate of drug-likeness (QED) is 0.917. The third kappa shape index (κ3) is 2.61. The van der Waals surface area contributed by atoms with E-state index < -0.39 is 11.0 Å². The molecule has 1 unspecified atom stereocenters. The van der Waals surface area contributed by atoms with E-state index in [4.69, 9.17) is 0 Å². The van der Waals surface area contributed by atoms with Gasteiger partial charge in [0.25, 0.3) is 0 Å². The molecule has 2 aromatic carbocycles. The van der Waals surface area contributed by atoms with Crippen LogP contribution in [0.15, 0.2) is 54.6 Å². The van der Waals surface area contributed by atoms with E-state index in [2.05, 4.69) is 5.32 Å². The van der Waals surface area contributed by atoms with E-state index in [1.165, 1.54) is 0 Å². The highest BCUT2D eigenvalue weighted by molar-refractivity contribution is 6.03. The second kappa shape index (κ2) is 5.97. The first-order chi connectivity index (χ1) is 12.5. The zero-order chi connectivity index (χ0) is 18.4. The molecule has 1 aliphatic carbocycles. The van der Waals surface area contributed by atoms with Crippen molar-refractivity contribution in [2.75, 3.05) is 11.9 Å². The maximum Gasteiger partial charge on any atom is 0.250 e. The molecular weight excluding hydrogens is 324 g/mol. The second-order valence-corrected chi connectivity index (χ2v) is 7.75. The number of nitrogens with zero attached hydrogens (tertiary/aromatic N) is 1. The molecule has 0 aromatic heterocycles. The van der Waals surface area contributed by atoms with Crippen molar-refractivity contribution < 1.29 is 9.59 Å². The highest BCUT2D eigenvalue weighted by atomic mass is 16.2. The average Bonchev–Trinajstić information content (AvgIpc) is 3.45. The number of benzene rings is 2. The first kappa shape index (κ1) is 16.8. The fraction of sp³-hybridized carbons (Fsp3) is 0.364. The van der Waals surface area contributed by atoms with Crippen molar-refractivity contribution in [1.82, 2.24) is 4.90 Å². The Morgan fingerprint density at radius 1 is 0.962 bits per heavy atom. The SMILES string of the molecule is Cc1ccc(NC(=O)C2(C)CCN2C(=O)C2(c3ccccc3)CC2)cc1. The summed E-state index contributed by atoms with van der Waals surface area (Å²) in [6.45, 7) is 4.53. The predicted molar refractivity (Wildman–Crippen MR) is 102 cm³/mol. The molecule has 0 radical (unpaired) electrons. The van der Waals surface area contributed by atoms with Gasteiger partial charge in [-0.15, -0.1) is 0 Å². The van der Waals surface area contributed by atoms with E-state index in [1.807, 2.05) is 68.4 Å². The van der Waals surface area contributed by atoms with Gasteiger partial charge in [-0.2, -0.15) is 0 Å². The molecule has 2 amide bonds. The number of amides is 2. The third-order valence-corrected chi connectivity index (χ3v) is 5.95. The molecule has 4 nitrogen and oxygen atoms in total. The number of aryl methyl sites for hydroxylation is 1. The van der Waals surface area contributed by atoms with Crippen LogP contribution in [0.25, 0.3) is 0 Å². The normalized spacial score (nSPS) is 23.1. The van der Waals surface area contributed by atoms with Gasteiger partial charge >= 0.3 is 0 Å².